The van der Waals surface area contributed by atoms with Gasteiger partial charge in [0.05, 0.1) is 6.61 Å². The van der Waals surface area contributed by atoms with Crippen LogP contribution in [-0.4, -0.2) is 15.0 Å². The second-order valence-electron chi connectivity index (χ2n) is 2.46. The lowest BCUT2D eigenvalue weighted by Crippen LogP contribution is -1.99. The molecule has 0 aliphatic carbocycles. The van der Waals surface area contributed by atoms with E-state index >= 15 is 0 Å². The lowest BCUT2D eigenvalue weighted by Gasteiger charge is -2.07. The molecule has 0 bridgehead atoms. The molecule has 0 saturated carbocycles. The van der Waals surface area contributed by atoms with Crippen molar-refractivity contribution in [1.82, 2.24) is 0 Å². The third kappa shape index (κ3) is 2.77. The summed E-state index contributed by atoms with van der Waals surface area (Å²) in [7, 11) is 1.42. The van der Waals surface area contributed by atoms with Crippen molar-refractivity contribution >= 4 is 31.3 Å². The molecule has 0 atom stereocenters. The third-order valence-corrected chi connectivity index (χ3v) is 3.06. The van der Waals surface area contributed by atoms with Crippen LogP contribution in [0.4, 0.5) is 0 Å². The molecule has 0 aromatic heterocycles. The molecule has 14 heavy (non-hydrogen) atoms. The number of hydrogen-bond donors (Lipinski definition) is 0. The van der Waals surface area contributed by atoms with Gasteiger partial charge in [0, 0.05) is 21.8 Å². The highest BCUT2D eigenvalue weighted by atomic mass is 35.7. The summed E-state index contributed by atoms with van der Waals surface area (Å²) in [5.41, 5.74) is 0. The minimum Gasteiger partial charge on any atom is -0.492 e. The first-order valence-electron chi connectivity index (χ1n) is 3.82. The quantitative estimate of drug-likeness (QED) is 0.780. The molecule has 1 rings (SSSR count). The van der Waals surface area contributed by atoms with Crippen LogP contribution in [0.3, 0.4) is 0 Å². The summed E-state index contributed by atoms with van der Waals surface area (Å²) in [6.07, 6.45) is 0. The zero-order chi connectivity index (χ0) is 10.8. The predicted molar refractivity (Wildman–Crippen MR) is 55.7 cm³/mol. The predicted octanol–water partition coefficient (Wildman–Crippen LogP) is 2.67. The van der Waals surface area contributed by atoms with Crippen LogP contribution in [0.2, 0.25) is 5.02 Å². The molecule has 3 nitrogen and oxygen atoms in total. The van der Waals surface area contributed by atoms with Crippen molar-refractivity contribution in [3.8, 4) is 5.75 Å². The van der Waals surface area contributed by atoms with Gasteiger partial charge < -0.3 is 4.74 Å². The molecule has 78 valence electrons. The number of hydrogen-bond acceptors (Lipinski definition) is 3. The summed E-state index contributed by atoms with van der Waals surface area (Å²) >= 11 is 5.68. The van der Waals surface area contributed by atoms with Crippen LogP contribution in [0.25, 0.3) is 0 Å². The van der Waals surface area contributed by atoms with Crippen molar-refractivity contribution in [1.29, 1.82) is 0 Å². The molecule has 0 aliphatic heterocycles. The van der Waals surface area contributed by atoms with E-state index in [1.54, 1.807) is 6.92 Å². The molecule has 1 aromatic rings. The van der Waals surface area contributed by atoms with Crippen molar-refractivity contribution in [3.63, 3.8) is 0 Å². The Morgan fingerprint density at radius 1 is 1.43 bits per heavy atom. The fraction of sp³-hybridized carbons (Fsp3) is 0.250. The number of ether oxygens (including phenoxy) is 1. The zero-order valence-corrected chi connectivity index (χ0v) is 9.66. The highest BCUT2D eigenvalue weighted by Crippen LogP contribution is 2.29. The smallest absolute Gasteiger partial charge is 0.264 e. The molecule has 0 aliphatic rings. The molecule has 1 aromatic carbocycles. The summed E-state index contributed by atoms with van der Waals surface area (Å²) in [5.74, 6) is 0.176. The van der Waals surface area contributed by atoms with Gasteiger partial charge in [0.25, 0.3) is 9.05 Å². The maximum atomic E-state index is 11.1. The summed E-state index contributed by atoms with van der Waals surface area (Å²) in [6.45, 7) is 2.09. The second kappa shape index (κ2) is 4.38. The van der Waals surface area contributed by atoms with Gasteiger partial charge in [-0.05, 0) is 19.1 Å². The molecular weight excluding hydrogens is 247 g/mol. The van der Waals surface area contributed by atoms with Crippen LogP contribution in [0, 0.1) is 0 Å². The first-order valence-corrected chi connectivity index (χ1v) is 6.51. The van der Waals surface area contributed by atoms with E-state index in [2.05, 4.69) is 0 Å². The van der Waals surface area contributed by atoms with Crippen molar-refractivity contribution in [2.24, 2.45) is 0 Å². The van der Waals surface area contributed by atoms with E-state index in [-0.39, 0.29) is 10.6 Å². The van der Waals surface area contributed by atoms with Gasteiger partial charge in [-0.15, -0.1) is 0 Å². The van der Waals surface area contributed by atoms with Crippen LogP contribution in [0.5, 0.6) is 5.75 Å². The number of rotatable bonds is 3. The standard InChI is InChI=1S/C8H8Cl2O3S/c1-2-13-7-5-6(9)3-4-8(7)14(10,11)12/h3-5H,2H2,1H3. The van der Waals surface area contributed by atoms with Gasteiger partial charge in [0.1, 0.15) is 10.6 Å². The van der Waals surface area contributed by atoms with E-state index in [1.807, 2.05) is 0 Å². The first-order chi connectivity index (χ1) is 6.45. The Labute approximate surface area is 92.0 Å². The van der Waals surface area contributed by atoms with Crippen molar-refractivity contribution < 1.29 is 13.2 Å². The highest BCUT2D eigenvalue weighted by molar-refractivity contribution is 8.13. The second-order valence-corrected chi connectivity index (χ2v) is 5.43. The van der Waals surface area contributed by atoms with Crippen LogP contribution >= 0.6 is 22.3 Å². The van der Waals surface area contributed by atoms with Gasteiger partial charge in [0.15, 0.2) is 0 Å². The van der Waals surface area contributed by atoms with E-state index < -0.39 is 9.05 Å². The molecule has 6 heteroatoms. The van der Waals surface area contributed by atoms with Crippen LogP contribution in [0.15, 0.2) is 23.1 Å². The van der Waals surface area contributed by atoms with E-state index in [1.165, 1.54) is 18.2 Å². The maximum Gasteiger partial charge on any atom is 0.264 e. The Balaban J connectivity index is 3.29. The molecule has 0 unspecified atom stereocenters. The monoisotopic (exact) mass is 254 g/mol. The minimum absolute atomic E-state index is 0.0644. The van der Waals surface area contributed by atoms with E-state index in [0.29, 0.717) is 11.6 Å². The summed E-state index contributed by atoms with van der Waals surface area (Å²) in [5, 5.41) is 0.400. The molecule has 0 amide bonds. The Morgan fingerprint density at radius 2 is 2.07 bits per heavy atom. The summed E-state index contributed by atoms with van der Waals surface area (Å²) in [4.78, 5) is -0.0644. The van der Waals surface area contributed by atoms with Crippen molar-refractivity contribution in [2.75, 3.05) is 6.61 Å². The van der Waals surface area contributed by atoms with Crippen molar-refractivity contribution in [2.45, 2.75) is 11.8 Å². The van der Waals surface area contributed by atoms with Gasteiger partial charge >= 0.3 is 0 Å². The van der Waals surface area contributed by atoms with Gasteiger partial charge in [-0.2, -0.15) is 0 Å². The zero-order valence-electron chi connectivity index (χ0n) is 7.33. The average molecular weight is 255 g/mol. The summed E-state index contributed by atoms with van der Waals surface area (Å²) < 4.78 is 27.3. The lowest BCUT2D eigenvalue weighted by molar-refractivity contribution is 0.331. The SMILES string of the molecule is CCOc1cc(Cl)ccc1S(=O)(=O)Cl. The number of benzene rings is 1. The van der Waals surface area contributed by atoms with Gasteiger partial charge in [-0.1, -0.05) is 11.6 Å². The topological polar surface area (TPSA) is 43.4 Å². The third-order valence-electron chi connectivity index (χ3n) is 1.47. The summed E-state index contributed by atoms with van der Waals surface area (Å²) in [6, 6.07) is 4.18. The molecular formula is C8H8Cl2O3S. The minimum atomic E-state index is -3.78. The van der Waals surface area contributed by atoms with Crippen molar-refractivity contribution in [3.05, 3.63) is 23.2 Å². The average Bonchev–Trinajstić information content (AvgIpc) is 2.02. The molecule has 0 N–H and O–H groups in total. The Kier molecular flexibility index (Phi) is 3.64. The molecule has 0 heterocycles. The lowest BCUT2D eigenvalue weighted by atomic mass is 10.3. The van der Waals surface area contributed by atoms with Gasteiger partial charge in [-0.3, -0.25) is 0 Å². The highest BCUT2D eigenvalue weighted by Gasteiger charge is 2.16. The first kappa shape index (κ1) is 11.6. The fourth-order valence-electron chi connectivity index (χ4n) is 0.952. The number of halogens is 2. The molecule has 0 radical (unpaired) electrons. The molecule has 0 fully saturated rings. The Bertz CT molecular complexity index is 428. The molecule has 0 spiro atoms. The maximum absolute atomic E-state index is 11.1. The van der Waals surface area contributed by atoms with Crippen LogP contribution in [-0.2, 0) is 9.05 Å². The fourth-order valence-corrected chi connectivity index (χ4v) is 2.08. The van der Waals surface area contributed by atoms with Gasteiger partial charge in [0.2, 0.25) is 0 Å². The van der Waals surface area contributed by atoms with Crippen LogP contribution in [0.1, 0.15) is 6.92 Å². The molecule has 0 saturated heterocycles. The largest absolute Gasteiger partial charge is 0.492 e. The van der Waals surface area contributed by atoms with E-state index in [9.17, 15) is 8.42 Å². The normalized spacial score (nSPS) is 11.4. The van der Waals surface area contributed by atoms with Gasteiger partial charge in [-0.25, -0.2) is 8.42 Å². The Hall–Kier alpha value is -0.450. The van der Waals surface area contributed by atoms with E-state index in [0.717, 1.165) is 0 Å². The van der Waals surface area contributed by atoms with E-state index in [4.69, 9.17) is 27.0 Å². The van der Waals surface area contributed by atoms with Crippen LogP contribution < -0.4 is 4.74 Å². The Morgan fingerprint density at radius 3 is 2.57 bits per heavy atom.